The van der Waals surface area contributed by atoms with Crippen molar-refractivity contribution in [1.82, 2.24) is 0 Å². The zero-order chi connectivity index (χ0) is 18.2. The second-order valence-electron chi connectivity index (χ2n) is 7.35. The Bertz CT molecular complexity index is 656. The third kappa shape index (κ3) is 5.90. The van der Waals surface area contributed by atoms with Crippen molar-refractivity contribution in [2.24, 2.45) is 5.92 Å². The fourth-order valence-electron chi connectivity index (χ4n) is 3.75. The average Bonchev–Trinajstić information content (AvgIpc) is 2.66. The Kier molecular flexibility index (Phi) is 7.18. The van der Waals surface area contributed by atoms with Gasteiger partial charge in [-0.15, -0.1) is 0 Å². The summed E-state index contributed by atoms with van der Waals surface area (Å²) in [6, 6.07) is 17.3. The van der Waals surface area contributed by atoms with Crippen LogP contribution in [0.3, 0.4) is 0 Å². The largest absolute Gasteiger partial charge is 0.385 e. The summed E-state index contributed by atoms with van der Waals surface area (Å²) in [6.45, 7) is 3.36. The van der Waals surface area contributed by atoms with Crippen molar-refractivity contribution in [3.8, 4) is 0 Å². The van der Waals surface area contributed by atoms with E-state index in [0.717, 1.165) is 25.4 Å². The highest BCUT2D eigenvalue weighted by Gasteiger charge is 2.24. The van der Waals surface area contributed by atoms with E-state index >= 15 is 0 Å². The molecule has 1 aliphatic rings. The summed E-state index contributed by atoms with van der Waals surface area (Å²) in [6.07, 6.45) is 3.06. The van der Waals surface area contributed by atoms with E-state index in [1.165, 1.54) is 29.4 Å². The lowest BCUT2D eigenvalue weighted by atomic mass is 9.90. The first-order valence-corrected chi connectivity index (χ1v) is 9.57. The number of quaternary nitrogens is 1. The second kappa shape index (κ2) is 9.81. The summed E-state index contributed by atoms with van der Waals surface area (Å²) in [7, 11) is 0. The van der Waals surface area contributed by atoms with Gasteiger partial charge in [0.1, 0.15) is 18.5 Å². The zero-order valence-corrected chi connectivity index (χ0v) is 15.2. The Labute approximate surface area is 155 Å². The van der Waals surface area contributed by atoms with Crippen LogP contribution in [0.5, 0.6) is 0 Å². The van der Waals surface area contributed by atoms with Gasteiger partial charge in [-0.2, -0.15) is 0 Å². The van der Waals surface area contributed by atoms with Crippen LogP contribution in [0.1, 0.15) is 24.0 Å². The van der Waals surface area contributed by atoms with Crippen molar-refractivity contribution in [3.05, 3.63) is 71.5 Å². The summed E-state index contributed by atoms with van der Waals surface area (Å²) in [4.78, 5) is 1.44. The SMILES string of the molecule is O[C@H](COCc1ccccc1F)C[NH+]1CCC(Cc2ccccc2)CC1. The molecule has 4 heteroatoms. The Morgan fingerprint density at radius 2 is 1.73 bits per heavy atom. The van der Waals surface area contributed by atoms with Crippen LogP contribution in [0.2, 0.25) is 0 Å². The van der Waals surface area contributed by atoms with Gasteiger partial charge >= 0.3 is 0 Å². The van der Waals surface area contributed by atoms with E-state index in [0.29, 0.717) is 12.1 Å². The molecule has 2 aromatic rings. The summed E-state index contributed by atoms with van der Waals surface area (Å²) in [5, 5.41) is 10.2. The molecule has 140 valence electrons. The molecule has 0 aliphatic carbocycles. The summed E-state index contributed by atoms with van der Waals surface area (Å²) < 4.78 is 19.0. The predicted molar refractivity (Wildman–Crippen MR) is 100 cm³/mol. The van der Waals surface area contributed by atoms with Crippen molar-refractivity contribution in [2.45, 2.75) is 32.0 Å². The van der Waals surface area contributed by atoms with E-state index < -0.39 is 6.10 Å². The first-order valence-electron chi connectivity index (χ1n) is 9.57. The number of hydrogen-bond acceptors (Lipinski definition) is 2. The topological polar surface area (TPSA) is 33.9 Å². The number of likely N-dealkylation sites (tertiary alicyclic amines) is 1. The van der Waals surface area contributed by atoms with Gasteiger partial charge in [0.2, 0.25) is 0 Å². The van der Waals surface area contributed by atoms with Gasteiger partial charge in [-0.25, -0.2) is 4.39 Å². The minimum atomic E-state index is -0.498. The van der Waals surface area contributed by atoms with E-state index in [4.69, 9.17) is 4.74 Å². The van der Waals surface area contributed by atoms with Crippen LogP contribution in [0, 0.1) is 11.7 Å². The molecule has 1 atom stereocenters. The normalized spacial score (nSPS) is 21.5. The molecular weight excluding hydrogens is 329 g/mol. The Morgan fingerprint density at radius 3 is 2.46 bits per heavy atom. The smallest absolute Gasteiger partial charge is 0.128 e. The second-order valence-corrected chi connectivity index (χ2v) is 7.35. The molecule has 3 rings (SSSR count). The van der Waals surface area contributed by atoms with Crippen LogP contribution in [-0.4, -0.2) is 37.5 Å². The molecule has 0 radical (unpaired) electrons. The summed E-state index contributed by atoms with van der Waals surface area (Å²) >= 11 is 0. The Morgan fingerprint density at radius 1 is 1.04 bits per heavy atom. The predicted octanol–water partition coefficient (Wildman–Crippen LogP) is 2.24. The number of aliphatic hydroxyl groups excluding tert-OH is 1. The highest BCUT2D eigenvalue weighted by molar-refractivity contribution is 5.16. The van der Waals surface area contributed by atoms with Gasteiger partial charge in [-0.05, 0) is 36.8 Å². The molecule has 26 heavy (non-hydrogen) atoms. The maximum atomic E-state index is 13.5. The van der Waals surface area contributed by atoms with E-state index in [-0.39, 0.29) is 19.0 Å². The third-order valence-electron chi connectivity index (χ3n) is 5.23. The maximum Gasteiger partial charge on any atom is 0.128 e. The molecule has 2 N–H and O–H groups in total. The standard InChI is InChI=1S/C22H28FNO2/c23-22-9-5-4-8-20(22)16-26-17-21(25)15-24-12-10-19(11-13-24)14-18-6-2-1-3-7-18/h1-9,19,21,25H,10-17H2/p+1/t21-/m0/s1. The molecule has 2 aromatic carbocycles. The molecule has 1 heterocycles. The lowest BCUT2D eigenvalue weighted by Gasteiger charge is -2.30. The highest BCUT2D eigenvalue weighted by Crippen LogP contribution is 2.16. The van der Waals surface area contributed by atoms with E-state index in [1.54, 1.807) is 18.2 Å². The first kappa shape index (κ1) is 19.0. The quantitative estimate of drug-likeness (QED) is 0.759. The van der Waals surface area contributed by atoms with Gasteiger partial charge in [-0.1, -0.05) is 48.5 Å². The summed E-state index contributed by atoms with van der Waals surface area (Å²) in [5.74, 6) is 0.490. The van der Waals surface area contributed by atoms with Crippen LogP contribution in [0.4, 0.5) is 4.39 Å². The van der Waals surface area contributed by atoms with Crippen LogP contribution in [-0.2, 0) is 17.8 Å². The molecule has 0 aromatic heterocycles. The van der Waals surface area contributed by atoms with Crippen molar-refractivity contribution in [2.75, 3.05) is 26.2 Å². The van der Waals surface area contributed by atoms with Crippen LogP contribution in [0.25, 0.3) is 0 Å². The highest BCUT2D eigenvalue weighted by atomic mass is 19.1. The van der Waals surface area contributed by atoms with Crippen molar-refractivity contribution in [3.63, 3.8) is 0 Å². The molecule has 3 nitrogen and oxygen atoms in total. The molecule has 0 unspecified atom stereocenters. The number of halogens is 1. The number of rotatable bonds is 8. The number of benzene rings is 2. The van der Waals surface area contributed by atoms with Gasteiger partial charge in [0, 0.05) is 5.56 Å². The molecule has 0 bridgehead atoms. The lowest BCUT2D eigenvalue weighted by Crippen LogP contribution is -3.14. The minimum Gasteiger partial charge on any atom is -0.385 e. The number of hydrogen-bond donors (Lipinski definition) is 2. The summed E-state index contributed by atoms with van der Waals surface area (Å²) in [5.41, 5.74) is 1.95. The third-order valence-corrected chi connectivity index (χ3v) is 5.23. The molecular formula is C22H29FNO2+. The van der Waals surface area contributed by atoms with Crippen molar-refractivity contribution < 1.29 is 19.1 Å². The van der Waals surface area contributed by atoms with Gasteiger partial charge in [0.05, 0.1) is 26.3 Å². The van der Waals surface area contributed by atoms with Crippen LogP contribution < -0.4 is 4.90 Å². The van der Waals surface area contributed by atoms with E-state index in [9.17, 15) is 9.50 Å². The Hall–Kier alpha value is -1.75. The van der Waals surface area contributed by atoms with Crippen LogP contribution in [0.15, 0.2) is 54.6 Å². The number of aliphatic hydroxyl groups is 1. The average molecular weight is 358 g/mol. The molecule has 0 amide bonds. The van der Waals surface area contributed by atoms with E-state index in [1.807, 2.05) is 0 Å². The minimum absolute atomic E-state index is 0.207. The van der Waals surface area contributed by atoms with Crippen LogP contribution >= 0.6 is 0 Å². The molecule has 1 saturated heterocycles. The van der Waals surface area contributed by atoms with Crippen molar-refractivity contribution in [1.29, 1.82) is 0 Å². The fourth-order valence-corrected chi connectivity index (χ4v) is 3.75. The zero-order valence-electron chi connectivity index (χ0n) is 15.2. The van der Waals surface area contributed by atoms with Crippen molar-refractivity contribution >= 4 is 0 Å². The first-order chi connectivity index (χ1) is 12.7. The fraction of sp³-hybridized carbons (Fsp3) is 0.455. The van der Waals surface area contributed by atoms with Gasteiger partial charge in [0.25, 0.3) is 0 Å². The van der Waals surface area contributed by atoms with Gasteiger partial charge in [-0.3, -0.25) is 0 Å². The van der Waals surface area contributed by atoms with Gasteiger partial charge in [0.15, 0.2) is 0 Å². The monoisotopic (exact) mass is 358 g/mol. The molecule has 1 aliphatic heterocycles. The lowest BCUT2D eigenvalue weighted by molar-refractivity contribution is -0.909. The number of nitrogens with one attached hydrogen (secondary N) is 1. The Balaban J connectivity index is 1.33. The molecule has 0 spiro atoms. The number of piperidine rings is 1. The van der Waals surface area contributed by atoms with E-state index in [2.05, 4.69) is 30.3 Å². The van der Waals surface area contributed by atoms with Gasteiger partial charge < -0.3 is 14.7 Å². The maximum absolute atomic E-state index is 13.5. The molecule has 1 fully saturated rings. The molecule has 0 saturated carbocycles. The number of ether oxygens (including phenoxy) is 1.